The first kappa shape index (κ1) is 19.6. The minimum Gasteiger partial charge on any atom is -0.447 e. The molecule has 2 atom stereocenters. The lowest BCUT2D eigenvalue weighted by Crippen LogP contribution is -2.47. The number of carbonyl (C=O) groups is 1. The zero-order valence-corrected chi connectivity index (χ0v) is 18.4. The molecule has 0 N–H and O–H groups in total. The number of hydrogen-bond donors (Lipinski definition) is 0. The number of aromatic nitrogens is 1. The van der Waals surface area contributed by atoms with Crippen LogP contribution in [0.15, 0.2) is 54.6 Å². The van der Waals surface area contributed by atoms with Gasteiger partial charge in [0.15, 0.2) is 0 Å². The summed E-state index contributed by atoms with van der Waals surface area (Å²) in [7, 11) is 0. The number of anilines is 2. The maximum absolute atomic E-state index is 11.9. The molecule has 164 valence electrons. The zero-order chi connectivity index (χ0) is 21.7. The van der Waals surface area contributed by atoms with Gasteiger partial charge in [-0.3, -0.25) is 14.8 Å². The lowest BCUT2D eigenvalue weighted by atomic mass is 10.1. The number of rotatable bonds is 4. The van der Waals surface area contributed by atoms with Gasteiger partial charge in [0, 0.05) is 60.6 Å². The second kappa shape index (κ2) is 7.78. The molecule has 3 aromatic rings. The average Bonchev–Trinajstić information content (AvgIpc) is 3.51. The number of ether oxygens (including phenoxy) is 1. The van der Waals surface area contributed by atoms with E-state index in [1.807, 2.05) is 13.0 Å². The Hall–Kier alpha value is -3.12. The summed E-state index contributed by atoms with van der Waals surface area (Å²) in [5.41, 5.74) is 5.73. The highest BCUT2D eigenvalue weighted by Crippen LogP contribution is 2.46. The smallest absolute Gasteiger partial charge is 0.414 e. The third-order valence-electron chi connectivity index (χ3n) is 7.10. The summed E-state index contributed by atoms with van der Waals surface area (Å²) in [6.45, 7) is 7.40. The van der Waals surface area contributed by atoms with Crippen LogP contribution in [0.25, 0.3) is 10.9 Å². The molecule has 0 radical (unpaired) electrons. The molecule has 6 heteroatoms. The Balaban J connectivity index is 1.12. The second-order valence-corrected chi connectivity index (χ2v) is 9.09. The molecule has 1 amide bonds. The number of piperazine rings is 1. The Morgan fingerprint density at radius 3 is 2.62 bits per heavy atom. The molecule has 3 fully saturated rings. The summed E-state index contributed by atoms with van der Waals surface area (Å²) in [5, 5.41) is 1.24. The largest absolute Gasteiger partial charge is 0.447 e. The van der Waals surface area contributed by atoms with Crippen LogP contribution in [0.5, 0.6) is 0 Å². The third-order valence-corrected chi connectivity index (χ3v) is 7.10. The van der Waals surface area contributed by atoms with E-state index < -0.39 is 0 Å². The molecule has 1 aliphatic carbocycles. The molecule has 6 nitrogen and oxygen atoms in total. The van der Waals surface area contributed by atoms with Crippen LogP contribution < -0.4 is 9.80 Å². The molecule has 2 aliphatic heterocycles. The Bertz CT molecular complexity index is 1170. The highest BCUT2D eigenvalue weighted by atomic mass is 16.6. The minimum absolute atomic E-state index is 0.232. The first-order valence-corrected chi connectivity index (χ1v) is 11.6. The monoisotopic (exact) mass is 428 g/mol. The Labute approximate surface area is 188 Å². The third kappa shape index (κ3) is 3.48. The first-order chi connectivity index (χ1) is 15.7. The Morgan fingerprint density at radius 1 is 0.969 bits per heavy atom. The summed E-state index contributed by atoms with van der Waals surface area (Å²) in [6.07, 6.45) is 0.968. The molecule has 3 heterocycles. The fraction of sp³-hybridized carbons (Fsp3) is 0.385. The fourth-order valence-electron chi connectivity index (χ4n) is 5.31. The van der Waals surface area contributed by atoms with Gasteiger partial charge in [0.25, 0.3) is 0 Å². The normalized spacial score (nSPS) is 23.6. The fourth-order valence-corrected chi connectivity index (χ4v) is 5.31. The molecular formula is C26H28N4O2. The van der Waals surface area contributed by atoms with Crippen LogP contribution in [0, 0.1) is 6.92 Å². The van der Waals surface area contributed by atoms with Gasteiger partial charge in [0.1, 0.15) is 6.61 Å². The number of aryl methyl sites for hydroxylation is 1. The van der Waals surface area contributed by atoms with E-state index in [0.29, 0.717) is 25.1 Å². The van der Waals surface area contributed by atoms with E-state index in [1.165, 1.54) is 23.1 Å². The van der Waals surface area contributed by atoms with Gasteiger partial charge in [-0.25, -0.2) is 4.79 Å². The maximum Gasteiger partial charge on any atom is 0.414 e. The second-order valence-electron chi connectivity index (χ2n) is 9.09. The first-order valence-electron chi connectivity index (χ1n) is 11.6. The number of amides is 1. The van der Waals surface area contributed by atoms with Crippen molar-refractivity contribution in [3.63, 3.8) is 0 Å². The minimum atomic E-state index is -0.232. The van der Waals surface area contributed by atoms with Crippen molar-refractivity contribution in [2.24, 2.45) is 0 Å². The van der Waals surface area contributed by atoms with Crippen molar-refractivity contribution in [2.45, 2.75) is 25.3 Å². The lowest BCUT2D eigenvalue weighted by molar-refractivity contribution is 0.181. The number of benzene rings is 2. The molecule has 2 saturated heterocycles. The average molecular weight is 429 g/mol. The quantitative estimate of drug-likeness (QED) is 0.624. The highest BCUT2D eigenvalue weighted by molar-refractivity contribution is 5.92. The summed E-state index contributed by atoms with van der Waals surface area (Å²) < 4.78 is 5.10. The topological polar surface area (TPSA) is 48.9 Å². The van der Waals surface area contributed by atoms with Gasteiger partial charge in [0.2, 0.25) is 0 Å². The van der Waals surface area contributed by atoms with Crippen LogP contribution in [0.1, 0.15) is 23.6 Å². The summed E-state index contributed by atoms with van der Waals surface area (Å²) in [4.78, 5) is 23.5. The highest BCUT2D eigenvalue weighted by Gasteiger charge is 2.43. The molecule has 1 saturated carbocycles. The van der Waals surface area contributed by atoms with Gasteiger partial charge in [-0.2, -0.15) is 0 Å². The van der Waals surface area contributed by atoms with Gasteiger partial charge < -0.3 is 9.64 Å². The van der Waals surface area contributed by atoms with Crippen LogP contribution in [0.3, 0.4) is 0 Å². The van der Waals surface area contributed by atoms with Gasteiger partial charge in [-0.05, 0) is 55.3 Å². The standard InChI is InChI=1S/C26H28N4O2/c1-18-8-9-21-23(27-18)6-3-7-24(21)28-10-12-29(13-11-28)25-17-22(25)19-4-2-5-20(16-19)30-14-15-32-26(30)31/h2-9,16,22,25H,10-15,17H2,1H3/t22-,25+/m1/s1. The number of hydrogen-bond acceptors (Lipinski definition) is 5. The Morgan fingerprint density at radius 2 is 1.81 bits per heavy atom. The van der Waals surface area contributed by atoms with E-state index in [2.05, 4.69) is 58.3 Å². The van der Waals surface area contributed by atoms with E-state index >= 15 is 0 Å². The summed E-state index contributed by atoms with van der Waals surface area (Å²) >= 11 is 0. The predicted octanol–water partition coefficient (Wildman–Crippen LogP) is 4.18. The van der Waals surface area contributed by atoms with E-state index in [0.717, 1.165) is 43.1 Å². The number of fused-ring (bicyclic) bond motifs is 1. The number of carbonyl (C=O) groups excluding carboxylic acids is 1. The van der Waals surface area contributed by atoms with E-state index in [4.69, 9.17) is 9.72 Å². The van der Waals surface area contributed by atoms with Crippen LogP contribution in [0.2, 0.25) is 0 Å². The van der Waals surface area contributed by atoms with Crippen LogP contribution in [-0.4, -0.2) is 61.3 Å². The molecule has 32 heavy (non-hydrogen) atoms. The Kier molecular flexibility index (Phi) is 4.76. The van der Waals surface area contributed by atoms with Gasteiger partial charge >= 0.3 is 6.09 Å². The van der Waals surface area contributed by atoms with E-state index in [1.54, 1.807) is 4.90 Å². The maximum atomic E-state index is 11.9. The lowest BCUT2D eigenvalue weighted by Gasteiger charge is -2.37. The number of nitrogens with zero attached hydrogens (tertiary/aromatic N) is 4. The summed E-state index contributed by atoms with van der Waals surface area (Å²) in [5.74, 6) is 0.560. The van der Waals surface area contributed by atoms with Crippen molar-refractivity contribution in [1.29, 1.82) is 0 Å². The predicted molar refractivity (Wildman–Crippen MR) is 127 cm³/mol. The molecule has 0 spiro atoms. The van der Waals surface area contributed by atoms with Crippen molar-refractivity contribution in [3.05, 3.63) is 65.9 Å². The van der Waals surface area contributed by atoms with Crippen molar-refractivity contribution in [3.8, 4) is 0 Å². The molecule has 3 aliphatic rings. The molecule has 0 unspecified atom stereocenters. The van der Waals surface area contributed by atoms with Crippen LogP contribution in [-0.2, 0) is 4.74 Å². The molecular weight excluding hydrogens is 400 g/mol. The van der Waals surface area contributed by atoms with Crippen molar-refractivity contribution >= 4 is 28.4 Å². The van der Waals surface area contributed by atoms with Crippen LogP contribution in [0.4, 0.5) is 16.2 Å². The van der Waals surface area contributed by atoms with Crippen molar-refractivity contribution in [2.75, 3.05) is 49.1 Å². The molecule has 2 aromatic carbocycles. The van der Waals surface area contributed by atoms with Crippen molar-refractivity contribution in [1.82, 2.24) is 9.88 Å². The molecule has 0 bridgehead atoms. The van der Waals surface area contributed by atoms with Crippen LogP contribution >= 0.6 is 0 Å². The van der Waals surface area contributed by atoms with E-state index in [9.17, 15) is 4.79 Å². The van der Waals surface area contributed by atoms with Gasteiger partial charge in [0.05, 0.1) is 12.1 Å². The molecule has 6 rings (SSSR count). The SMILES string of the molecule is Cc1ccc2c(N3CCN([C@H]4C[C@@H]4c4cccc(N5CCOC5=O)c4)CC3)cccc2n1. The zero-order valence-electron chi connectivity index (χ0n) is 18.4. The van der Waals surface area contributed by atoms with Gasteiger partial charge in [-0.1, -0.05) is 18.2 Å². The number of cyclic esters (lactones) is 1. The summed E-state index contributed by atoms with van der Waals surface area (Å²) in [6, 6.07) is 19.8. The molecule has 1 aromatic heterocycles. The van der Waals surface area contributed by atoms with E-state index in [-0.39, 0.29) is 6.09 Å². The van der Waals surface area contributed by atoms with Gasteiger partial charge in [-0.15, -0.1) is 0 Å². The van der Waals surface area contributed by atoms with Crippen molar-refractivity contribution < 1.29 is 9.53 Å². The number of pyridine rings is 1.